The minimum Gasteiger partial charge on any atom is -0.369 e. The lowest BCUT2D eigenvalue weighted by atomic mass is 9.59. The number of amides is 2. The molecule has 37 heavy (non-hydrogen) atoms. The summed E-state index contributed by atoms with van der Waals surface area (Å²) in [5, 5.41) is 1.86. The van der Waals surface area contributed by atoms with Crippen molar-refractivity contribution in [2.75, 3.05) is 21.1 Å². The summed E-state index contributed by atoms with van der Waals surface area (Å²) in [6, 6.07) is 15.7. The molecular weight excluding hydrogens is 468 g/mol. The van der Waals surface area contributed by atoms with Gasteiger partial charge in [0.15, 0.2) is 11.5 Å². The molecule has 0 fully saturated rings. The lowest BCUT2D eigenvalue weighted by Crippen LogP contribution is -2.62. The summed E-state index contributed by atoms with van der Waals surface area (Å²) in [7, 11) is 5.11. The van der Waals surface area contributed by atoms with E-state index in [1.165, 1.54) is 9.80 Å². The number of carbonyl (C=O) groups is 2. The number of aliphatic imine (C=N–C) groups is 1. The zero-order chi connectivity index (χ0) is 25.9. The molecule has 2 amide bonds. The minimum absolute atomic E-state index is 0.131. The Labute approximate surface area is 212 Å². The van der Waals surface area contributed by atoms with Crippen LogP contribution in [0, 0.1) is 0 Å². The van der Waals surface area contributed by atoms with Gasteiger partial charge in [-0.05, 0) is 23.3 Å². The van der Waals surface area contributed by atoms with Gasteiger partial charge in [-0.25, -0.2) is 14.5 Å². The molecule has 0 bridgehead atoms. The first-order valence-electron chi connectivity index (χ1n) is 12.2. The topological polar surface area (TPSA) is 140 Å². The highest BCUT2D eigenvalue weighted by molar-refractivity contribution is 6.11. The number of hydrogen-bond donors (Lipinski definition) is 4. The van der Waals surface area contributed by atoms with Crippen LogP contribution in [0.4, 0.5) is 0 Å². The van der Waals surface area contributed by atoms with E-state index in [2.05, 4.69) is 9.97 Å². The molecule has 186 valence electrons. The van der Waals surface area contributed by atoms with Crippen molar-refractivity contribution in [3.05, 3.63) is 71.5 Å². The van der Waals surface area contributed by atoms with E-state index in [9.17, 15) is 9.59 Å². The number of nitrogens with two attached hydrogens (primary N) is 2. The Morgan fingerprint density at radius 3 is 2.30 bits per heavy atom. The van der Waals surface area contributed by atoms with E-state index in [4.69, 9.17) is 16.5 Å². The van der Waals surface area contributed by atoms with Crippen molar-refractivity contribution < 1.29 is 14.2 Å². The zero-order valence-corrected chi connectivity index (χ0v) is 20.7. The SMILES string of the molecule is CN1C(=O)[C@]2(Cc3c([nH]c4ccccc34)[C@]3(C(=O)N(C)C(N)=[N+]3C)[C@@H]2c2c[nH]c3ccccc23)N=C1N. The second-order valence-electron chi connectivity index (χ2n) is 10.2. The first kappa shape index (κ1) is 21.7. The summed E-state index contributed by atoms with van der Waals surface area (Å²) in [6.45, 7) is 0. The zero-order valence-electron chi connectivity index (χ0n) is 20.7. The van der Waals surface area contributed by atoms with Gasteiger partial charge in [-0.15, -0.1) is 0 Å². The molecule has 10 heteroatoms. The first-order valence-corrected chi connectivity index (χ1v) is 12.2. The minimum atomic E-state index is -1.37. The molecule has 4 aromatic rings. The summed E-state index contributed by atoms with van der Waals surface area (Å²) in [6.07, 6.45) is 2.17. The van der Waals surface area contributed by atoms with E-state index in [0.717, 1.165) is 38.6 Å². The van der Waals surface area contributed by atoms with Gasteiger partial charge in [0.1, 0.15) is 0 Å². The van der Waals surface area contributed by atoms with Crippen LogP contribution in [0.2, 0.25) is 0 Å². The molecule has 0 saturated heterocycles. The van der Waals surface area contributed by atoms with Gasteiger partial charge in [0, 0.05) is 41.5 Å². The van der Waals surface area contributed by atoms with Crippen molar-refractivity contribution in [2.45, 2.75) is 23.4 Å². The Bertz CT molecular complexity index is 1750. The van der Waals surface area contributed by atoms with Crippen molar-refractivity contribution in [2.24, 2.45) is 16.5 Å². The fourth-order valence-electron chi connectivity index (χ4n) is 6.91. The van der Waals surface area contributed by atoms with E-state index < -0.39 is 17.0 Å². The van der Waals surface area contributed by atoms with Crippen LogP contribution in [0.25, 0.3) is 21.8 Å². The van der Waals surface area contributed by atoms with Crippen molar-refractivity contribution in [3.8, 4) is 0 Å². The van der Waals surface area contributed by atoms with E-state index in [1.807, 2.05) is 61.8 Å². The summed E-state index contributed by atoms with van der Waals surface area (Å²) in [4.78, 5) is 43.5. The molecule has 2 aromatic carbocycles. The number of hydrogen-bond acceptors (Lipinski definition) is 5. The van der Waals surface area contributed by atoms with Gasteiger partial charge < -0.3 is 15.7 Å². The number of nitrogens with one attached hydrogen (secondary N) is 2. The number of likely N-dealkylation sites (N-methyl/N-ethyl adjacent to an activating group) is 3. The van der Waals surface area contributed by atoms with E-state index in [1.54, 1.807) is 18.7 Å². The van der Waals surface area contributed by atoms with Gasteiger partial charge in [0.25, 0.3) is 5.91 Å². The molecule has 2 aromatic heterocycles. The summed E-state index contributed by atoms with van der Waals surface area (Å²) in [5.74, 6) is -0.789. The number of para-hydroxylation sites is 2. The summed E-state index contributed by atoms with van der Waals surface area (Å²) in [5.41, 5.74) is 14.3. The highest BCUT2D eigenvalue weighted by atomic mass is 16.2. The summed E-state index contributed by atoms with van der Waals surface area (Å²) >= 11 is 0. The average molecular weight is 496 g/mol. The molecular formula is C27H27N8O2+. The van der Waals surface area contributed by atoms with Crippen molar-refractivity contribution in [1.82, 2.24) is 19.8 Å². The third-order valence-electron chi connectivity index (χ3n) is 8.65. The number of rotatable bonds is 1. The van der Waals surface area contributed by atoms with E-state index >= 15 is 0 Å². The second kappa shape index (κ2) is 6.78. The number of H-pyrrole nitrogens is 2. The predicted octanol–water partition coefficient (Wildman–Crippen LogP) is 1.14. The van der Waals surface area contributed by atoms with Gasteiger partial charge in [0.2, 0.25) is 5.54 Å². The average Bonchev–Trinajstić information content (AvgIpc) is 3.59. The molecule has 10 nitrogen and oxygen atoms in total. The largest absolute Gasteiger partial charge is 0.369 e. The molecule has 3 aliphatic rings. The fraction of sp³-hybridized carbons (Fsp3) is 0.259. The summed E-state index contributed by atoms with van der Waals surface area (Å²) < 4.78 is 1.80. The van der Waals surface area contributed by atoms with Crippen LogP contribution in [0.5, 0.6) is 0 Å². The maximum Gasteiger partial charge on any atom is 0.354 e. The van der Waals surface area contributed by atoms with E-state index in [0.29, 0.717) is 5.96 Å². The Kier molecular flexibility index (Phi) is 3.97. The van der Waals surface area contributed by atoms with Crippen LogP contribution >= 0.6 is 0 Å². The van der Waals surface area contributed by atoms with Crippen LogP contribution in [0.1, 0.15) is 22.7 Å². The molecule has 0 radical (unpaired) electrons. The molecule has 1 aliphatic carbocycles. The monoisotopic (exact) mass is 495 g/mol. The third kappa shape index (κ3) is 2.31. The molecule has 3 atom stereocenters. The number of nitrogens with zero attached hydrogens (tertiary/aromatic N) is 4. The number of guanidine groups is 2. The van der Waals surface area contributed by atoms with Crippen LogP contribution in [-0.4, -0.2) is 74.8 Å². The van der Waals surface area contributed by atoms with Gasteiger partial charge in [0.05, 0.1) is 25.7 Å². The van der Waals surface area contributed by atoms with Crippen molar-refractivity contribution >= 4 is 45.5 Å². The highest BCUT2D eigenvalue weighted by Crippen LogP contribution is 2.59. The van der Waals surface area contributed by atoms with Crippen LogP contribution in [0.15, 0.2) is 59.7 Å². The Morgan fingerprint density at radius 2 is 1.65 bits per heavy atom. The van der Waals surface area contributed by atoms with E-state index in [-0.39, 0.29) is 24.2 Å². The normalized spacial score (nSPS) is 27.4. The van der Waals surface area contributed by atoms with Gasteiger partial charge >= 0.3 is 11.9 Å². The number of carbonyl (C=O) groups excluding carboxylic acids is 2. The number of aromatic amines is 2. The fourth-order valence-corrected chi connectivity index (χ4v) is 6.91. The Hall–Kier alpha value is -4.60. The highest BCUT2D eigenvalue weighted by Gasteiger charge is 2.73. The van der Waals surface area contributed by atoms with Crippen molar-refractivity contribution in [1.29, 1.82) is 0 Å². The van der Waals surface area contributed by atoms with Gasteiger partial charge in [-0.3, -0.25) is 20.2 Å². The number of fused-ring (bicyclic) bond motifs is 5. The quantitative estimate of drug-likeness (QED) is 0.294. The number of benzene rings is 2. The third-order valence-corrected chi connectivity index (χ3v) is 8.65. The smallest absolute Gasteiger partial charge is 0.354 e. The molecule has 0 saturated carbocycles. The molecule has 7 rings (SSSR count). The molecule has 2 aliphatic heterocycles. The first-order chi connectivity index (χ1) is 17.7. The van der Waals surface area contributed by atoms with Crippen LogP contribution in [0.3, 0.4) is 0 Å². The maximum atomic E-state index is 14.5. The Morgan fingerprint density at radius 1 is 0.973 bits per heavy atom. The maximum absolute atomic E-state index is 14.5. The van der Waals surface area contributed by atoms with Crippen molar-refractivity contribution in [3.63, 3.8) is 0 Å². The molecule has 0 unspecified atom stereocenters. The number of aromatic nitrogens is 2. The van der Waals surface area contributed by atoms with Crippen LogP contribution < -0.4 is 11.5 Å². The molecule has 4 heterocycles. The lowest BCUT2D eigenvalue weighted by molar-refractivity contribution is -0.578. The second-order valence-corrected chi connectivity index (χ2v) is 10.2. The standard InChI is InChI=1S/C27H26N8O2/c1-33-22(36)26(32-24(33)28)12-16-14-8-5-7-11-19(14)31-21(16)27(23(37)34(2)25(29)35(27)3)20(26)17-13-30-18-10-6-4-9-15(17)18/h4-11,13,20,29-31H,12H2,1-3H3,(H2,28,32)/p+1/t20-,26-,27+/m1/s1. The molecule has 6 N–H and O–H groups in total. The Balaban J connectivity index is 1.69. The lowest BCUT2D eigenvalue weighted by Gasteiger charge is -2.46. The van der Waals surface area contributed by atoms with Gasteiger partial charge in [-0.2, -0.15) is 0 Å². The van der Waals surface area contributed by atoms with Gasteiger partial charge in [-0.1, -0.05) is 36.4 Å². The molecule has 2 spiro atoms. The van der Waals surface area contributed by atoms with Crippen LogP contribution in [-0.2, 0) is 21.5 Å². The predicted molar refractivity (Wildman–Crippen MR) is 140 cm³/mol.